The highest BCUT2D eigenvalue weighted by molar-refractivity contribution is 9.10. The van der Waals surface area contributed by atoms with Crippen molar-refractivity contribution in [1.29, 1.82) is 0 Å². The Labute approximate surface area is 130 Å². The summed E-state index contributed by atoms with van der Waals surface area (Å²) in [5.74, 6) is -0.147. The van der Waals surface area contributed by atoms with Crippen LogP contribution in [0.1, 0.15) is 19.3 Å². The van der Waals surface area contributed by atoms with Crippen molar-refractivity contribution in [3.05, 3.63) is 32.8 Å². The van der Waals surface area contributed by atoms with Crippen LogP contribution in [0.3, 0.4) is 0 Å². The lowest BCUT2D eigenvalue weighted by Gasteiger charge is -2.15. The van der Waals surface area contributed by atoms with Gasteiger partial charge in [-0.25, -0.2) is 13.1 Å². The van der Waals surface area contributed by atoms with Gasteiger partial charge in [-0.2, -0.15) is 0 Å². The minimum atomic E-state index is -4.00. The first-order chi connectivity index (χ1) is 9.81. The number of benzene rings is 1. The number of sulfonamides is 1. The molecule has 1 aliphatic carbocycles. The summed E-state index contributed by atoms with van der Waals surface area (Å²) in [6.07, 6.45) is 1.73. The van der Waals surface area contributed by atoms with E-state index in [9.17, 15) is 23.6 Å². The Kier molecular flexibility index (Phi) is 4.97. The van der Waals surface area contributed by atoms with Gasteiger partial charge in [0.25, 0.3) is 5.69 Å². The predicted molar refractivity (Wildman–Crippen MR) is 79.3 cm³/mol. The van der Waals surface area contributed by atoms with Crippen LogP contribution in [0.25, 0.3) is 0 Å². The fraction of sp³-hybridized carbons (Fsp3) is 0.500. The summed E-state index contributed by atoms with van der Waals surface area (Å²) in [6, 6.07) is 3.76. The van der Waals surface area contributed by atoms with Crippen molar-refractivity contribution in [3.8, 4) is 0 Å². The minimum Gasteiger partial charge on any atom is -0.393 e. The molecule has 116 valence electrons. The van der Waals surface area contributed by atoms with Crippen LogP contribution in [0.15, 0.2) is 27.6 Å². The third-order valence-corrected chi connectivity index (χ3v) is 5.51. The van der Waals surface area contributed by atoms with E-state index in [1.807, 2.05) is 0 Å². The summed E-state index contributed by atoms with van der Waals surface area (Å²) in [7, 11) is -4.00. The molecule has 9 heteroatoms. The highest BCUT2D eigenvalue weighted by Crippen LogP contribution is 2.28. The third-order valence-electron chi connectivity index (χ3n) is 3.56. The van der Waals surface area contributed by atoms with Gasteiger partial charge in [-0.15, -0.1) is 0 Å². The molecule has 1 aliphatic rings. The van der Waals surface area contributed by atoms with Crippen molar-refractivity contribution in [1.82, 2.24) is 4.72 Å². The molecule has 7 nitrogen and oxygen atoms in total. The zero-order chi connectivity index (χ0) is 15.6. The largest absolute Gasteiger partial charge is 0.393 e. The van der Waals surface area contributed by atoms with E-state index in [1.54, 1.807) is 0 Å². The lowest BCUT2D eigenvalue weighted by atomic mass is 10.1. The summed E-state index contributed by atoms with van der Waals surface area (Å²) >= 11 is 3.11. The van der Waals surface area contributed by atoms with E-state index in [1.165, 1.54) is 12.1 Å². The fourth-order valence-corrected chi connectivity index (χ4v) is 4.21. The molecule has 1 fully saturated rings. The molecule has 0 radical (unpaired) electrons. The highest BCUT2D eigenvalue weighted by atomic mass is 79.9. The van der Waals surface area contributed by atoms with Gasteiger partial charge in [-0.05, 0) is 30.9 Å². The number of nitrogens with one attached hydrogen (secondary N) is 1. The second kappa shape index (κ2) is 6.39. The molecule has 1 aromatic rings. The normalized spacial score (nSPS) is 22.4. The number of rotatable bonds is 5. The zero-order valence-electron chi connectivity index (χ0n) is 11.0. The van der Waals surface area contributed by atoms with Crippen molar-refractivity contribution in [2.45, 2.75) is 30.3 Å². The van der Waals surface area contributed by atoms with Crippen molar-refractivity contribution in [2.75, 3.05) is 6.54 Å². The number of halogens is 1. The summed E-state index contributed by atoms with van der Waals surface area (Å²) in [5.41, 5.74) is -0.474. The van der Waals surface area contributed by atoms with Gasteiger partial charge in [-0.1, -0.05) is 22.4 Å². The first-order valence-electron chi connectivity index (χ1n) is 6.43. The van der Waals surface area contributed by atoms with Crippen LogP contribution in [0.4, 0.5) is 5.69 Å². The van der Waals surface area contributed by atoms with Gasteiger partial charge in [-0.3, -0.25) is 10.1 Å². The molecule has 2 rings (SSSR count). The molecule has 0 aromatic heterocycles. The van der Waals surface area contributed by atoms with E-state index in [0.29, 0.717) is 10.9 Å². The smallest absolute Gasteiger partial charge is 0.289 e. The van der Waals surface area contributed by atoms with E-state index in [4.69, 9.17) is 0 Å². The first kappa shape index (κ1) is 16.3. The molecular weight excluding hydrogens is 364 g/mol. The van der Waals surface area contributed by atoms with E-state index < -0.39 is 26.7 Å². The van der Waals surface area contributed by atoms with E-state index in [0.717, 1.165) is 18.9 Å². The van der Waals surface area contributed by atoms with Crippen molar-refractivity contribution < 1.29 is 18.4 Å². The van der Waals surface area contributed by atoms with Gasteiger partial charge in [0, 0.05) is 17.1 Å². The average molecular weight is 379 g/mol. The maximum absolute atomic E-state index is 12.3. The summed E-state index contributed by atoms with van der Waals surface area (Å²) in [4.78, 5) is 9.84. The number of hydrogen-bond donors (Lipinski definition) is 2. The maximum atomic E-state index is 12.3. The minimum absolute atomic E-state index is 0.0766. The maximum Gasteiger partial charge on any atom is 0.289 e. The molecule has 1 saturated carbocycles. The molecule has 0 heterocycles. The molecule has 2 atom stereocenters. The lowest BCUT2D eigenvalue weighted by Crippen LogP contribution is -2.32. The van der Waals surface area contributed by atoms with Gasteiger partial charge < -0.3 is 5.11 Å². The second-order valence-corrected chi connectivity index (χ2v) is 7.63. The number of hydrogen-bond acceptors (Lipinski definition) is 5. The summed E-state index contributed by atoms with van der Waals surface area (Å²) in [5, 5.41) is 20.6. The van der Waals surface area contributed by atoms with Crippen LogP contribution in [0.2, 0.25) is 0 Å². The highest BCUT2D eigenvalue weighted by Gasteiger charge is 2.30. The SMILES string of the molecule is O=[N+]([O-])c1ccc(Br)cc1S(=O)(=O)NCC1CCCC1O. The van der Waals surface area contributed by atoms with Crippen LogP contribution in [-0.4, -0.2) is 31.1 Å². The Hall–Kier alpha value is -1.03. The topological polar surface area (TPSA) is 110 Å². The molecule has 0 saturated heterocycles. The summed E-state index contributed by atoms with van der Waals surface area (Å²) in [6.45, 7) is 0.0766. The third kappa shape index (κ3) is 3.79. The lowest BCUT2D eigenvalue weighted by molar-refractivity contribution is -0.387. The predicted octanol–water partition coefficient (Wildman–Crippen LogP) is 1.80. The number of aliphatic hydroxyl groups is 1. The van der Waals surface area contributed by atoms with E-state index in [2.05, 4.69) is 20.7 Å². The number of aliphatic hydroxyl groups excluding tert-OH is 1. The molecule has 0 bridgehead atoms. The molecule has 0 amide bonds. The Morgan fingerprint density at radius 1 is 1.43 bits per heavy atom. The second-order valence-electron chi connectivity index (χ2n) is 4.98. The van der Waals surface area contributed by atoms with Crippen LogP contribution >= 0.6 is 15.9 Å². The monoisotopic (exact) mass is 378 g/mol. The van der Waals surface area contributed by atoms with Crippen LogP contribution in [0, 0.1) is 16.0 Å². The molecule has 0 aliphatic heterocycles. The molecule has 0 spiro atoms. The Bertz CT molecular complexity index is 649. The van der Waals surface area contributed by atoms with E-state index >= 15 is 0 Å². The molecule has 2 unspecified atom stereocenters. The molecule has 2 N–H and O–H groups in total. The van der Waals surface area contributed by atoms with Gasteiger partial charge in [0.2, 0.25) is 10.0 Å². The van der Waals surface area contributed by atoms with Crippen molar-refractivity contribution in [2.24, 2.45) is 5.92 Å². The van der Waals surface area contributed by atoms with Crippen LogP contribution < -0.4 is 4.72 Å². The molecular formula is C12H15BrN2O5S. The van der Waals surface area contributed by atoms with Gasteiger partial charge in [0.05, 0.1) is 11.0 Å². The Morgan fingerprint density at radius 3 is 2.71 bits per heavy atom. The fourth-order valence-electron chi connectivity index (χ4n) is 2.40. The van der Waals surface area contributed by atoms with Gasteiger partial charge in [0.15, 0.2) is 4.90 Å². The van der Waals surface area contributed by atoms with Crippen LogP contribution in [-0.2, 0) is 10.0 Å². The number of nitro benzene ring substituents is 1. The Morgan fingerprint density at radius 2 is 2.14 bits per heavy atom. The standard InChI is InChI=1S/C12H15BrN2O5S/c13-9-4-5-10(15(17)18)12(6-9)21(19,20)14-7-8-2-1-3-11(8)16/h4-6,8,11,14,16H,1-3,7H2. The van der Waals surface area contributed by atoms with Gasteiger partial charge in [0.1, 0.15) is 0 Å². The number of nitro groups is 1. The molecule has 1 aromatic carbocycles. The van der Waals surface area contributed by atoms with Crippen molar-refractivity contribution >= 4 is 31.6 Å². The quantitative estimate of drug-likeness (QED) is 0.599. The summed E-state index contributed by atoms with van der Waals surface area (Å²) < 4.78 is 27.3. The zero-order valence-corrected chi connectivity index (χ0v) is 13.4. The average Bonchev–Trinajstić information content (AvgIpc) is 2.81. The van der Waals surface area contributed by atoms with Crippen molar-refractivity contribution in [3.63, 3.8) is 0 Å². The van der Waals surface area contributed by atoms with Gasteiger partial charge >= 0.3 is 0 Å². The van der Waals surface area contributed by atoms with E-state index in [-0.39, 0.29) is 17.4 Å². The molecule has 21 heavy (non-hydrogen) atoms. The number of nitrogens with zero attached hydrogens (tertiary/aromatic N) is 1. The first-order valence-corrected chi connectivity index (χ1v) is 8.70. The Balaban J connectivity index is 2.23. The van der Waals surface area contributed by atoms with Crippen LogP contribution in [0.5, 0.6) is 0 Å².